The first kappa shape index (κ1) is 22.3. The Balaban J connectivity index is 1.99. The summed E-state index contributed by atoms with van der Waals surface area (Å²) in [4.78, 5) is 10.4. The van der Waals surface area contributed by atoms with E-state index in [2.05, 4.69) is 14.2 Å². The Morgan fingerprint density at radius 3 is 2.47 bits per heavy atom. The summed E-state index contributed by atoms with van der Waals surface area (Å²) >= 11 is 0. The number of hydrogen-bond acceptors (Lipinski definition) is 7. The Morgan fingerprint density at radius 1 is 1.23 bits per heavy atom. The van der Waals surface area contributed by atoms with Crippen LogP contribution in [-0.2, 0) is 23.1 Å². The van der Waals surface area contributed by atoms with E-state index in [1.807, 2.05) is 29.2 Å². The molecule has 30 heavy (non-hydrogen) atoms. The molecular formula is C19H23F3N4O3S. The molecule has 164 valence electrons. The fraction of sp³-hybridized carbons (Fsp3) is 0.474. The number of halogens is 3. The summed E-state index contributed by atoms with van der Waals surface area (Å²) in [6, 6.07) is 7.65. The summed E-state index contributed by atoms with van der Waals surface area (Å²) < 4.78 is 66.0. The third kappa shape index (κ3) is 4.36. The standard InChI is InChI=1S/C19H23F3N4O3S/c1-3-15-12(2)24-18(25-17(15)29-30(27,28)19(20,21)22)26-10-4-5-16(26)14-8-6-13(11-23)7-9-14/h6-9,16H,3-5,10-11,23H2,1-2H3/t16-/m0/s1. The monoisotopic (exact) mass is 444 g/mol. The van der Waals surface area contributed by atoms with Gasteiger partial charge in [0, 0.05) is 24.3 Å². The molecule has 2 N–H and O–H groups in total. The van der Waals surface area contributed by atoms with Crippen molar-refractivity contribution in [2.45, 2.75) is 51.2 Å². The van der Waals surface area contributed by atoms with Crippen molar-refractivity contribution in [3.05, 3.63) is 46.6 Å². The minimum Gasteiger partial charge on any atom is -0.355 e. The molecule has 1 saturated heterocycles. The Hall–Kier alpha value is -2.40. The van der Waals surface area contributed by atoms with E-state index in [0.717, 1.165) is 24.0 Å². The maximum atomic E-state index is 12.8. The summed E-state index contributed by atoms with van der Waals surface area (Å²) in [5.41, 5.74) is 2.67. The van der Waals surface area contributed by atoms with E-state index < -0.39 is 21.5 Å². The van der Waals surface area contributed by atoms with Crippen molar-refractivity contribution >= 4 is 16.1 Å². The Bertz CT molecular complexity index is 1010. The highest BCUT2D eigenvalue weighted by Crippen LogP contribution is 2.37. The van der Waals surface area contributed by atoms with E-state index in [0.29, 0.717) is 18.8 Å². The first-order valence-corrected chi connectivity index (χ1v) is 10.9. The molecule has 0 bridgehead atoms. The Labute approximate surface area is 173 Å². The Morgan fingerprint density at radius 2 is 1.90 bits per heavy atom. The highest BCUT2D eigenvalue weighted by Gasteiger charge is 2.49. The van der Waals surface area contributed by atoms with Crippen molar-refractivity contribution in [2.24, 2.45) is 5.73 Å². The Kier molecular flexibility index (Phi) is 6.23. The van der Waals surface area contributed by atoms with Gasteiger partial charge < -0.3 is 14.8 Å². The molecule has 1 aromatic carbocycles. The van der Waals surface area contributed by atoms with Gasteiger partial charge in [-0.25, -0.2) is 4.98 Å². The van der Waals surface area contributed by atoms with Crippen molar-refractivity contribution in [2.75, 3.05) is 11.4 Å². The van der Waals surface area contributed by atoms with Crippen LogP contribution in [0.15, 0.2) is 24.3 Å². The van der Waals surface area contributed by atoms with Gasteiger partial charge in [0.1, 0.15) is 0 Å². The van der Waals surface area contributed by atoms with Crippen LogP contribution in [0.25, 0.3) is 0 Å². The van der Waals surface area contributed by atoms with Gasteiger partial charge in [-0.2, -0.15) is 26.6 Å². The molecule has 0 amide bonds. The highest BCUT2D eigenvalue weighted by atomic mass is 32.2. The lowest BCUT2D eigenvalue weighted by Crippen LogP contribution is -2.30. The minimum absolute atomic E-state index is 0.0872. The molecule has 1 aliphatic heterocycles. The zero-order valence-electron chi connectivity index (χ0n) is 16.6. The van der Waals surface area contributed by atoms with E-state index in [1.165, 1.54) is 0 Å². The zero-order valence-corrected chi connectivity index (χ0v) is 17.4. The van der Waals surface area contributed by atoms with Gasteiger partial charge in [0.25, 0.3) is 0 Å². The molecule has 0 unspecified atom stereocenters. The normalized spacial score (nSPS) is 17.4. The maximum absolute atomic E-state index is 12.8. The van der Waals surface area contributed by atoms with Crippen molar-refractivity contribution in [1.29, 1.82) is 0 Å². The zero-order chi connectivity index (χ0) is 22.1. The van der Waals surface area contributed by atoms with E-state index >= 15 is 0 Å². The molecule has 7 nitrogen and oxygen atoms in total. The minimum atomic E-state index is -5.83. The van der Waals surface area contributed by atoms with E-state index in [4.69, 9.17) is 5.73 Å². The summed E-state index contributed by atoms with van der Waals surface area (Å²) in [7, 11) is -5.83. The highest BCUT2D eigenvalue weighted by molar-refractivity contribution is 7.87. The quantitative estimate of drug-likeness (QED) is 0.539. The van der Waals surface area contributed by atoms with Crippen molar-refractivity contribution in [1.82, 2.24) is 9.97 Å². The van der Waals surface area contributed by atoms with Crippen molar-refractivity contribution in [3.8, 4) is 5.88 Å². The molecule has 2 heterocycles. The molecule has 2 aromatic rings. The van der Waals surface area contributed by atoms with Gasteiger partial charge in [-0.15, -0.1) is 0 Å². The number of alkyl halides is 3. The maximum Gasteiger partial charge on any atom is 0.534 e. The number of aromatic nitrogens is 2. The molecule has 1 fully saturated rings. The number of rotatable bonds is 6. The number of hydrogen-bond donors (Lipinski definition) is 1. The summed E-state index contributed by atoms with van der Waals surface area (Å²) in [6.07, 6.45) is 1.86. The number of nitrogens with two attached hydrogens (primary N) is 1. The van der Waals surface area contributed by atoms with Crippen LogP contribution >= 0.6 is 0 Å². The third-order valence-corrected chi connectivity index (χ3v) is 6.04. The molecule has 0 aliphatic carbocycles. The lowest BCUT2D eigenvalue weighted by Gasteiger charge is -2.26. The van der Waals surface area contributed by atoms with Gasteiger partial charge in [0.2, 0.25) is 11.8 Å². The van der Waals surface area contributed by atoms with Gasteiger partial charge >= 0.3 is 15.6 Å². The third-order valence-electron chi connectivity index (χ3n) is 5.10. The lowest BCUT2D eigenvalue weighted by molar-refractivity contribution is -0.0501. The number of aryl methyl sites for hydroxylation is 1. The van der Waals surface area contributed by atoms with Gasteiger partial charge in [0.05, 0.1) is 6.04 Å². The number of benzene rings is 1. The van der Waals surface area contributed by atoms with Crippen LogP contribution in [0.1, 0.15) is 48.2 Å². The first-order valence-electron chi connectivity index (χ1n) is 9.51. The van der Waals surface area contributed by atoms with Gasteiger partial charge in [-0.1, -0.05) is 31.2 Å². The van der Waals surface area contributed by atoms with E-state index in [9.17, 15) is 21.6 Å². The molecular weight excluding hydrogens is 421 g/mol. The molecule has 0 spiro atoms. The molecule has 1 aromatic heterocycles. The summed E-state index contributed by atoms with van der Waals surface area (Å²) in [5.74, 6) is -0.441. The molecule has 11 heteroatoms. The summed E-state index contributed by atoms with van der Waals surface area (Å²) in [6.45, 7) is 4.26. The average Bonchev–Trinajstić information content (AvgIpc) is 3.16. The second kappa shape index (κ2) is 8.38. The molecule has 1 atom stereocenters. The van der Waals surface area contributed by atoms with Crippen LogP contribution in [0.2, 0.25) is 0 Å². The van der Waals surface area contributed by atoms with E-state index in [1.54, 1.807) is 13.8 Å². The van der Waals surface area contributed by atoms with E-state index in [-0.39, 0.29) is 24.0 Å². The largest absolute Gasteiger partial charge is 0.534 e. The second-order valence-electron chi connectivity index (χ2n) is 7.03. The van der Waals surface area contributed by atoms with Crippen LogP contribution in [0, 0.1) is 6.92 Å². The average molecular weight is 444 g/mol. The smallest absolute Gasteiger partial charge is 0.355 e. The van der Waals surface area contributed by atoms with Crippen LogP contribution in [0.5, 0.6) is 5.88 Å². The molecule has 0 radical (unpaired) electrons. The topological polar surface area (TPSA) is 98.4 Å². The SMILES string of the molecule is CCc1c(C)nc(N2CCC[C@H]2c2ccc(CN)cc2)nc1OS(=O)(=O)C(F)(F)F. The van der Waals surface area contributed by atoms with Crippen LogP contribution in [-0.4, -0.2) is 30.4 Å². The second-order valence-corrected chi connectivity index (χ2v) is 8.56. The molecule has 3 rings (SSSR count). The number of nitrogens with zero attached hydrogens (tertiary/aromatic N) is 3. The predicted octanol–water partition coefficient (Wildman–Crippen LogP) is 3.38. The van der Waals surface area contributed by atoms with Crippen molar-refractivity contribution < 1.29 is 25.8 Å². The molecule has 1 aliphatic rings. The lowest BCUT2D eigenvalue weighted by atomic mass is 10.0. The van der Waals surface area contributed by atoms with Crippen molar-refractivity contribution in [3.63, 3.8) is 0 Å². The molecule has 0 saturated carbocycles. The van der Waals surface area contributed by atoms with Crippen LogP contribution in [0.3, 0.4) is 0 Å². The van der Waals surface area contributed by atoms with Gasteiger partial charge in [-0.05, 0) is 37.3 Å². The summed E-state index contributed by atoms with van der Waals surface area (Å²) in [5, 5.41) is 0. The van der Waals surface area contributed by atoms with Gasteiger partial charge in [-0.3, -0.25) is 0 Å². The first-order chi connectivity index (χ1) is 14.1. The van der Waals surface area contributed by atoms with Gasteiger partial charge in [0.15, 0.2) is 0 Å². The fourth-order valence-electron chi connectivity index (χ4n) is 3.54. The van der Waals surface area contributed by atoms with Crippen LogP contribution in [0.4, 0.5) is 19.1 Å². The predicted molar refractivity (Wildman–Crippen MR) is 105 cm³/mol. The number of anilines is 1. The van der Waals surface area contributed by atoms with Crippen LogP contribution < -0.4 is 14.8 Å². The fourth-order valence-corrected chi connectivity index (χ4v) is 3.98.